The van der Waals surface area contributed by atoms with Gasteiger partial charge in [-0.3, -0.25) is 9.36 Å². The molecule has 1 fully saturated rings. The van der Waals surface area contributed by atoms with Crippen LogP contribution in [0.2, 0.25) is 0 Å². The van der Waals surface area contributed by atoms with Gasteiger partial charge in [0.2, 0.25) is 0 Å². The number of hydrogen-bond donors (Lipinski definition) is 0. The maximum absolute atomic E-state index is 11.3. The number of aromatic nitrogens is 2. The van der Waals surface area contributed by atoms with Crippen molar-refractivity contribution in [3.8, 4) is 22.9 Å². The Hall–Kier alpha value is -3.08. The molecule has 0 bridgehead atoms. The molecule has 1 aliphatic carbocycles. The maximum Gasteiger partial charge on any atom is 0.300 e. The van der Waals surface area contributed by atoms with E-state index in [2.05, 4.69) is 41.4 Å². The molecule has 5 nitrogen and oxygen atoms in total. The van der Waals surface area contributed by atoms with Gasteiger partial charge in [-0.05, 0) is 47.6 Å². The van der Waals surface area contributed by atoms with Gasteiger partial charge in [0, 0.05) is 12.3 Å². The van der Waals surface area contributed by atoms with E-state index < -0.39 is 0 Å². The molecule has 5 rings (SSSR count). The predicted molar refractivity (Wildman–Crippen MR) is 102 cm³/mol. The van der Waals surface area contributed by atoms with Crippen LogP contribution in [-0.4, -0.2) is 22.3 Å². The van der Waals surface area contributed by atoms with Crippen molar-refractivity contribution in [1.82, 2.24) is 9.55 Å². The van der Waals surface area contributed by atoms with Crippen LogP contribution in [0.25, 0.3) is 11.1 Å². The van der Waals surface area contributed by atoms with Crippen molar-refractivity contribution in [3.05, 3.63) is 76.7 Å². The van der Waals surface area contributed by atoms with Crippen molar-refractivity contribution >= 4 is 0 Å². The van der Waals surface area contributed by atoms with E-state index in [4.69, 9.17) is 9.47 Å². The molecule has 2 aromatic carbocycles. The SMILES string of the molecule is O=c1ccn2c(n1)O[C@H](COc1ccc(-c3cccc(C4CC4)c3)cc1)C2. The summed E-state index contributed by atoms with van der Waals surface area (Å²) in [5, 5.41) is 0. The van der Waals surface area contributed by atoms with Gasteiger partial charge >= 0.3 is 0 Å². The highest BCUT2D eigenvalue weighted by atomic mass is 16.6. The Kier molecular flexibility index (Phi) is 3.93. The fourth-order valence-electron chi connectivity index (χ4n) is 3.46. The number of hydrogen-bond acceptors (Lipinski definition) is 4. The van der Waals surface area contributed by atoms with Crippen LogP contribution >= 0.6 is 0 Å². The standard InChI is InChI=1S/C22H20N2O3/c25-21-10-11-24-13-20(27-22(24)23-21)14-26-19-8-6-16(7-9-19)18-3-1-2-17(12-18)15-4-5-15/h1-3,6-12,15,20H,4-5,13-14H2/t20-/m0/s1. The second-order valence-corrected chi connectivity index (χ2v) is 7.18. The molecule has 2 heterocycles. The van der Waals surface area contributed by atoms with Crippen molar-refractivity contribution in [3.63, 3.8) is 0 Å². The van der Waals surface area contributed by atoms with E-state index in [1.807, 2.05) is 16.7 Å². The summed E-state index contributed by atoms with van der Waals surface area (Å²) in [5.41, 5.74) is 3.59. The predicted octanol–water partition coefficient (Wildman–Crippen LogP) is 3.63. The first kappa shape index (κ1) is 16.1. The summed E-state index contributed by atoms with van der Waals surface area (Å²) in [6, 6.07) is 18.8. The van der Waals surface area contributed by atoms with Gasteiger partial charge in [-0.25, -0.2) is 0 Å². The Bertz CT molecular complexity index is 1020. The Balaban J connectivity index is 1.22. The van der Waals surface area contributed by atoms with Crippen molar-refractivity contribution < 1.29 is 9.47 Å². The summed E-state index contributed by atoms with van der Waals surface area (Å²) in [7, 11) is 0. The normalized spacial score (nSPS) is 18.0. The Labute approximate surface area is 157 Å². The van der Waals surface area contributed by atoms with Crippen LogP contribution < -0.4 is 15.0 Å². The summed E-state index contributed by atoms with van der Waals surface area (Å²) >= 11 is 0. The minimum Gasteiger partial charge on any atom is -0.490 e. The fourth-order valence-corrected chi connectivity index (χ4v) is 3.46. The number of ether oxygens (including phenoxy) is 2. The van der Waals surface area contributed by atoms with Gasteiger partial charge < -0.3 is 9.47 Å². The average molecular weight is 360 g/mol. The summed E-state index contributed by atoms with van der Waals surface area (Å²) in [6.07, 6.45) is 4.18. The zero-order valence-corrected chi connectivity index (χ0v) is 14.9. The highest BCUT2D eigenvalue weighted by Crippen LogP contribution is 2.41. The Morgan fingerprint density at radius 2 is 1.93 bits per heavy atom. The molecule has 1 saturated carbocycles. The lowest BCUT2D eigenvalue weighted by Crippen LogP contribution is -2.23. The third-order valence-corrected chi connectivity index (χ3v) is 5.08. The minimum absolute atomic E-state index is 0.144. The number of nitrogens with zero attached hydrogens (tertiary/aromatic N) is 2. The molecule has 0 spiro atoms. The molecule has 0 saturated heterocycles. The quantitative estimate of drug-likeness (QED) is 0.697. The molecule has 0 radical (unpaired) electrons. The lowest BCUT2D eigenvalue weighted by Gasteiger charge is -2.12. The minimum atomic E-state index is -0.288. The lowest BCUT2D eigenvalue weighted by molar-refractivity contribution is 0.143. The number of benzene rings is 2. The molecule has 1 aromatic heterocycles. The van der Waals surface area contributed by atoms with Crippen LogP contribution in [0.3, 0.4) is 0 Å². The maximum atomic E-state index is 11.3. The van der Waals surface area contributed by atoms with Crippen LogP contribution in [0, 0.1) is 0 Å². The molecular weight excluding hydrogens is 340 g/mol. The molecule has 0 N–H and O–H groups in total. The van der Waals surface area contributed by atoms with Crippen LogP contribution in [-0.2, 0) is 6.54 Å². The fraction of sp³-hybridized carbons (Fsp3) is 0.273. The first-order valence-electron chi connectivity index (χ1n) is 9.32. The van der Waals surface area contributed by atoms with Gasteiger partial charge in [-0.1, -0.05) is 36.4 Å². The van der Waals surface area contributed by atoms with E-state index in [9.17, 15) is 4.79 Å². The Morgan fingerprint density at radius 1 is 1.07 bits per heavy atom. The summed E-state index contributed by atoms with van der Waals surface area (Å²) in [4.78, 5) is 15.1. The van der Waals surface area contributed by atoms with Crippen LogP contribution in [0.1, 0.15) is 24.3 Å². The third-order valence-electron chi connectivity index (χ3n) is 5.08. The van der Waals surface area contributed by atoms with Gasteiger partial charge in [0.15, 0.2) is 6.10 Å². The first-order valence-corrected chi connectivity index (χ1v) is 9.32. The second-order valence-electron chi connectivity index (χ2n) is 7.18. The van der Waals surface area contributed by atoms with Crippen LogP contribution in [0.15, 0.2) is 65.6 Å². The molecule has 136 valence electrons. The zero-order valence-electron chi connectivity index (χ0n) is 14.9. The van der Waals surface area contributed by atoms with Crippen molar-refractivity contribution in [2.45, 2.75) is 31.4 Å². The summed E-state index contributed by atoms with van der Waals surface area (Å²) in [5.74, 6) is 1.56. The monoisotopic (exact) mass is 360 g/mol. The van der Waals surface area contributed by atoms with E-state index >= 15 is 0 Å². The molecule has 5 heteroatoms. The van der Waals surface area contributed by atoms with Gasteiger partial charge in [-0.15, -0.1) is 0 Å². The number of fused-ring (bicyclic) bond motifs is 1. The van der Waals surface area contributed by atoms with E-state index in [-0.39, 0.29) is 11.7 Å². The van der Waals surface area contributed by atoms with Gasteiger partial charge in [0.1, 0.15) is 12.4 Å². The summed E-state index contributed by atoms with van der Waals surface area (Å²) in [6.45, 7) is 1.04. The Morgan fingerprint density at radius 3 is 2.74 bits per heavy atom. The highest BCUT2D eigenvalue weighted by Gasteiger charge is 2.24. The largest absolute Gasteiger partial charge is 0.490 e. The molecule has 0 unspecified atom stereocenters. The number of rotatable bonds is 5. The van der Waals surface area contributed by atoms with Gasteiger partial charge in [0.05, 0.1) is 6.54 Å². The van der Waals surface area contributed by atoms with E-state index in [1.165, 1.54) is 35.6 Å². The van der Waals surface area contributed by atoms with Gasteiger partial charge in [0.25, 0.3) is 11.6 Å². The van der Waals surface area contributed by atoms with Crippen LogP contribution in [0.5, 0.6) is 11.8 Å². The average Bonchev–Trinajstić information content (AvgIpc) is 3.47. The molecule has 3 aromatic rings. The van der Waals surface area contributed by atoms with Gasteiger partial charge in [-0.2, -0.15) is 4.98 Å². The van der Waals surface area contributed by atoms with Crippen molar-refractivity contribution in [2.24, 2.45) is 0 Å². The summed E-state index contributed by atoms with van der Waals surface area (Å²) < 4.78 is 13.4. The van der Waals surface area contributed by atoms with Crippen molar-refractivity contribution in [1.29, 1.82) is 0 Å². The van der Waals surface area contributed by atoms with Crippen molar-refractivity contribution in [2.75, 3.05) is 6.61 Å². The van der Waals surface area contributed by atoms with E-state index in [0.717, 1.165) is 11.7 Å². The van der Waals surface area contributed by atoms with E-state index in [1.54, 1.807) is 6.20 Å². The van der Waals surface area contributed by atoms with Crippen LogP contribution in [0.4, 0.5) is 0 Å². The van der Waals surface area contributed by atoms with E-state index in [0.29, 0.717) is 19.2 Å². The third kappa shape index (κ3) is 3.45. The zero-order chi connectivity index (χ0) is 18.2. The highest BCUT2D eigenvalue weighted by molar-refractivity contribution is 5.65. The molecule has 1 aliphatic heterocycles. The topological polar surface area (TPSA) is 53.4 Å². The molecule has 1 atom stereocenters. The molecule has 0 amide bonds. The molecular formula is C22H20N2O3. The lowest BCUT2D eigenvalue weighted by atomic mass is 10.0. The molecule has 27 heavy (non-hydrogen) atoms. The first-order chi connectivity index (χ1) is 13.2. The smallest absolute Gasteiger partial charge is 0.300 e. The molecule has 2 aliphatic rings. The second kappa shape index (κ2) is 6.58.